The van der Waals surface area contributed by atoms with Gasteiger partial charge in [-0.05, 0) is 26.9 Å². The number of nitrogens with zero attached hydrogens (tertiary/aromatic N) is 2. The third kappa shape index (κ3) is 3.68. The second-order valence-electron chi connectivity index (χ2n) is 6.29. The van der Waals surface area contributed by atoms with Crippen molar-refractivity contribution >= 4 is 16.9 Å². The summed E-state index contributed by atoms with van der Waals surface area (Å²) in [6.07, 6.45) is 2.19. The summed E-state index contributed by atoms with van der Waals surface area (Å²) < 4.78 is 10.4. The maximum atomic E-state index is 12.3. The third-order valence-electron chi connectivity index (χ3n) is 4.39. The van der Waals surface area contributed by atoms with Gasteiger partial charge < -0.3 is 24.0 Å². The van der Waals surface area contributed by atoms with Crippen LogP contribution in [0.1, 0.15) is 22.5 Å². The van der Waals surface area contributed by atoms with E-state index in [-0.39, 0.29) is 16.9 Å². The molecular weight excluding hydrogens is 310 g/mol. The number of carbonyl (C=O) groups excluding carboxylic acids is 1. The molecule has 1 N–H and O–H groups in total. The summed E-state index contributed by atoms with van der Waals surface area (Å²) in [4.78, 5) is 28.9. The molecule has 3 rings (SSSR count). The number of carbonyl (C=O) groups is 1. The zero-order valence-corrected chi connectivity index (χ0v) is 14.1. The summed E-state index contributed by atoms with van der Waals surface area (Å²) in [6.45, 7) is 7.50. The van der Waals surface area contributed by atoms with Gasteiger partial charge in [0.05, 0.1) is 5.56 Å². The summed E-state index contributed by atoms with van der Waals surface area (Å²) in [5.74, 6) is 0.157. The fourth-order valence-corrected chi connectivity index (χ4v) is 2.94. The van der Waals surface area contributed by atoms with Crippen molar-refractivity contribution in [1.29, 1.82) is 0 Å². The Morgan fingerprint density at radius 1 is 1.29 bits per heavy atom. The SMILES string of the molecule is Cc1cc2occ(C(=O)NCCCN3CCN(C)CC3)c2c(=O)o1. The number of rotatable bonds is 5. The van der Waals surface area contributed by atoms with Crippen molar-refractivity contribution in [2.24, 2.45) is 0 Å². The Hall–Kier alpha value is -2.12. The van der Waals surface area contributed by atoms with E-state index in [1.54, 1.807) is 13.0 Å². The Labute approximate surface area is 140 Å². The zero-order valence-electron chi connectivity index (χ0n) is 14.1. The molecule has 1 saturated heterocycles. The van der Waals surface area contributed by atoms with Crippen LogP contribution >= 0.6 is 0 Å². The Balaban J connectivity index is 1.53. The molecule has 0 spiro atoms. The molecule has 0 bridgehead atoms. The van der Waals surface area contributed by atoms with Gasteiger partial charge >= 0.3 is 5.63 Å². The van der Waals surface area contributed by atoms with Crippen molar-refractivity contribution in [3.8, 4) is 0 Å². The molecule has 0 saturated carbocycles. The lowest BCUT2D eigenvalue weighted by Gasteiger charge is -2.32. The van der Waals surface area contributed by atoms with Crippen molar-refractivity contribution in [1.82, 2.24) is 15.1 Å². The van der Waals surface area contributed by atoms with E-state index in [9.17, 15) is 9.59 Å². The van der Waals surface area contributed by atoms with Gasteiger partial charge in [-0.3, -0.25) is 4.79 Å². The smallest absolute Gasteiger partial charge is 0.347 e. The molecular formula is C17H23N3O4. The number of hydrogen-bond acceptors (Lipinski definition) is 6. The van der Waals surface area contributed by atoms with E-state index >= 15 is 0 Å². The first-order valence-electron chi connectivity index (χ1n) is 8.25. The number of likely N-dealkylation sites (N-methyl/N-ethyl adjacent to an activating group) is 1. The Bertz CT molecular complexity index is 772. The second-order valence-corrected chi connectivity index (χ2v) is 6.29. The van der Waals surface area contributed by atoms with Crippen LogP contribution < -0.4 is 10.9 Å². The van der Waals surface area contributed by atoms with Gasteiger partial charge in [0.15, 0.2) is 0 Å². The highest BCUT2D eigenvalue weighted by Crippen LogP contribution is 2.18. The van der Waals surface area contributed by atoms with Crippen molar-refractivity contribution in [3.05, 3.63) is 34.1 Å². The van der Waals surface area contributed by atoms with E-state index in [4.69, 9.17) is 8.83 Å². The molecule has 1 aliphatic rings. The maximum absolute atomic E-state index is 12.3. The van der Waals surface area contributed by atoms with E-state index in [2.05, 4.69) is 22.2 Å². The lowest BCUT2D eigenvalue weighted by Crippen LogP contribution is -2.45. The van der Waals surface area contributed by atoms with Gasteiger partial charge in [0.1, 0.15) is 23.0 Å². The molecule has 0 aromatic carbocycles. The number of aryl methyl sites for hydroxylation is 1. The first-order valence-corrected chi connectivity index (χ1v) is 8.25. The molecule has 0 atom stereocenters. The average Bonchev–Trinajstić information content (AvgIpc) is 2.97. The quantitative estimate of drug-likeness (QED) is 0.825. The van der Waals surface area contributed by atoms with Crippen LogP contribution in [0, 0.1) is 6.92 Å². The van der Waals surface area contributed by atoms with Crippen LogP contribution in [-0.2, 0) is 0 Å². The molecule has 130 valence electrons. The lowest BCUT2D eigenvalue weighted by atomic mass is 10.2. The van der Waals surface area contributed by atoms with Crippen LogP contribution in [0.5, 0.6) is 0 Å². The highest BCUT2D eigenvalue weighted by atomic mass is 16.4. The predicted octanol–water partition coefficient (Wildman–Crippen LogP) is 1.06. The highest BCUT2D eigenvalue weighted by Gasteiger charge is 2.18. The fraction of sp³-hybridized carbons (Fsp3) is 0.529. The highest BCUT2D eigenvalue weighted by molar-refractivity contribution is 6.05. The number of fused-ring (bicyclic) bond motifs is 1. The molecule has 2 aromatic rings. The molecule has 0 aliphatic carbocycles. The van der Waals surface area contributed by atoms with Gasteiger partial charge in [-0.25, -0.2) is 4.79 Å². The van der Waals surface area contributed by atoms with Crippen molar-refractivity contribution < 1.29 is 13.6 Å². The fourth-order valence-electron chi connectivity index (χ4n) is 2.94. The number of furan rings is 1. The molecule has 1 aliphatic heterocycles. The summed E-state index contributed by atoms with van der Waals surface area (Å²) in [6, 6.07) is 1.61. The van der Waals surface area contributed by atoms with Crippen molar-refractivity contribution in [2.45, 2.75) is 13.3 Å². The minimum atomic E-state index is -0.540. The number of nitrogens with one attached hydrogen (secondary N) is 1. The van der Waals surface area contributed by atoms with E-state index in [0.29, 0.717) is 17.9 Å². The van der Waals surface area contributed by atoms with Gasteiger partial charge in [0.25, 0.3) is 5.91 Å². The zero-order chi connectivity index (χ0) is 17.1. The molecule has 24 heavy (non-hydrogen) atoms. The summed E-state index contributed by atoms with van der Waals surface area (Å²) >= 11 is 0. The lowest BCUT2D eigenvalue weighted by molar-refractivity contribution is 0.0950. The van der Waals surface area contributed by atoms with Gasteiger partial charge in [-0.15, -0.1) is 0 Å². The second kappa shape index (κ2) is 7.19. The molecule has 1 amide bonds. The largest absolute Gasteiger partial charge is 0.463 e. The summed E-state index contributed by atoms with van der Waals surface area (Å²) in [7, 11) is 2.13. The molecule has 0 unspecified atom stereocenters. The topological polar surface area (TPSA) is 78.9 Å². The third-order valence-corrected chi connectivity index (χ3v) is 4.39. The number of hydrogen-bond donors (Lipinski definition) is 1. The van der Waals surface area contributed by atoms with E-state index in [0.717, 1.165) is 39.1 Å². The Morgan fingerprint density at radius 3 is 2.79 bits per heavy atom. The molecule has 7 heteroatoms. The normalized spacial score (nSPS) is 16.6. The minimum Gasteiger partial charge on any atom is -0.463 e. The molecule has 1 fully saturated rings. The monoisotopic (exact) mass is 333 g/mol. The van der Waals surface area contributed by atoms with Gasteiger partial charge in [0.2, 0.25) is 0 Å². The van der Waals surface area contributed by atoms with E-state index in [1.807, 2.05) is 0 Å². The molecule has 2 aromatic heterocycles. The molecule has 7 nitrogen and oxygen atoms in total. The van der Waals surface area contributed by atoms with Gasteiger partial charge in [-0.2, -0.15) is 0 Å². The first kappa shape index (κ1) is 16.7. The van der Waals surface area contributed by atoms with Crippen LogP contribution in [-0.4, -0.2) is 62.0 Å². The van der Waals surface area contributed by atoms with Gasteiger partial charge in [-0.1, -0.05) is 0 Å². The van der Waals surface area contributed by atoms with E-state index in [1.165, 1.54) is 6.26 Å². The van der Waals surface area contributed by atoms with Gasteiger partial charge in [0, 0.05) is 38.8 Å². The standard InChI is InChI=1S/C17H23N3O4/c1-12-10-14-15(17(22)24-12)13(11-23-14)16(21)18-4-3-5-20-8-6-19(2)7-9-20/h10-11H,3-9H2,1-2H3,(H,18,21). The maximum Gasteiger partial charge on any atom is 0.347 e. The average molecular weight is 333 g/mol. The summed E-state index contributed by atoms with van der Waals surface area (Å²) in [5.41, 5.74) is 0.0750. The van der Waals surface area contributed by atoms with Crippen LogP contribution in [0.3, 0.4) is 0 Å². The predicted molar refractivity (Wildman–Crippen MR) is 90.4 cm³/mol. The Kier molecular flexibility index (Phi) is 5.01. The number of amides is 1. The molecule has 0 radical (unpaired) electrons. The van der Waals surface area contributed by atoms with Crippen LogP contribution in [0.25, 0.3) is 11.0 Å². The first-order chi connectivity index (χ1) is 11.5. The van der Waals surface area contributed by atoms with E-state index < -0.39 is 5.63 Å². The number of piperazine rings is 1. The summed E-state index contributed by atoms with van der Waals surface area (Å²) in [5, 5.41) is 3.06. The Morgan fingerprint density at radius 2 is 2.04 bits per heavy atom. The minimum absolute atomic E-state index is 0.206. The van der Waals surface area contributed by atoms with Crippen LogP contribution in [0.2, 0.25) is 0 Å². The van der Waals surface area contributed by atoms with Crippen LogP contribution in [0.4, 0.5) is 0 Å². The van der Waals surface area contributed by atoms with Crippen LogP contribution in [0.15, 0.2) is 26.0 Å². The molecule has 3 heterocycles. The van der Waals surface area contributed by atoms with Crippen molar-refractivity contribution in [3.63, 3.8) is 0 Å². The van der Waals surface area contributed by atoms with Crippen molar-refractivity contribution in [2.75, 3.05) is 46.3 Å².